The van der Waals surface area contributed by atoms with Crippen molar-refractivity contribution in [3.63, 3.8) is 0 Å². The van der Waals surface area contributed by atoms with Crippen molar-refractivity contribution in [3.05, 3.63) is 59.3 Å². The van der Waals surface area contributed by atoms with Gasteiger partial charge < -0.3 is 10.8 Å². The molecule has 1 aliphatic rings. The van der Waals surface area contributed by atoms with Crippen LogP contribution in [0.25, 0.3) is 16.7 Å². The van der Waals surface area contributed by atoms with Crippen LogP contribution in [0.3, 0.4) is 0 Å². The fraction of sp³-hybridized carbons (Fsp3) is 0.235. The van der Waals surface area contributed by atoms with Crippen LogP contribution in [0.1, 0.15) is 17.4 Å². The summed E-state index contributed by atoms with van der Waals surface area (Å²) in [6.45, 7) is -0.769. The van der Waals surface area contributed by atoms with Crippen molar-refractivity contribution in [3.8, 4) is 11.1 Å². The molecule has 0 bridgehead atoms. The standard InChI is InChI=1S/C17H17FN2O2S/c18-7-15(19)17(21)12-3-1-11(2-4-12)13-5-6-16(20-8-13)14-9-23(22)10-14/h1-6,8-9,15,17,21H,7,10,19H2. The van der Waals surface area contributed by atoms with Gasteiger partial charge in [0.1, 0.15) is 6.67 Å². The highest BCUT2D eigenvalue weighted by atomic mass is 32.2. The number of alkyl halides is 1. The minimum Gasteiger partial charge on any atom is -0.387 e. The van der Waals surface area contributed by atoms with Crippen LogP contribution in [-0.2, 0) is 10.8 Å². The van der Waals surface area contributed by atoms with Crippen molar-refractivity contribution in [1.82, 2.24) is 4.98 Å². The fourth-order valence-corrected chi connectivity index (χ4v) is 3.23. The van der Waals surface area contributed by atoms with Gasteiger partial charge in [0.25, 0.3) is 0 Å². The Balaban J connectivity index is 1.77. The van der Waals surface area contributed by atoms with E-state index in [1.807, 2.05) is 24.3 Å². The second-order valence-corrected chi connectivity index (χ2v) is 6.77. The van der Waals surface area contributed by atoms with Crippen molar-refractivity contribution in [2.75, 3.05) is 12.4 Å². The second-order valence-electron chi connectivity index (χ2n) is 5.49. The number of rotatable bonds is 5. The quantitative estimate of drug-likeness (QED) is 0.880. The third-order valence-electron chi connectivity index (χ3n) is 3.83. The first-order valence-corrected chi connectivity index (χ1v) is 8.61. The molecule has 1 aliphatic heterocycles. The summed E-state index contributed by atoms with van der Waals surface area (Å²) in [5.74, 6) is 0.563. The summed E-state index contributed by atoms with van der Waals surface area (Å²) in [5.41, 5.74) is 9.83. The van der Waals surface area contributed by atoms with Gasteiger partial charge in [0, 0.05) is 17.2 Å². The molecule has 1 aromatic carbocycles. The lowest BCUT2D eigenvalue weighted by molar-refractivity contribution is 0.132. The number of nitrogens with two attached hydrogens (primary N) is 1. The van der Waals surface area contributed by atoms with E-state index >= 15 is 0 Å². The SMILES string of the molecule is NC(CF)C(O)c1ccc(-c2ccc(C3=CS(=O)C3)nc2)cc1. The van der Waals surface area contributed by atoms with Crippen LogP contribution in [-0.4, -0.2) is 32.8 Å². The summed E-state index contributed by atoms with van der Waals surface area (Å²) in [6.07, 6.45) is 0.747. The average Bonchev–Trinajstić information content (AvgIpc) is 2.58. The maximum Gasteiger partial charge on any atom is 0.107 e. The molecule has 6 heteroatoms. The maximum absolute atomic E-state index is 12.5. The number of hydrogen-bond acceptors (Lipinski definition) is 4. The van der Waals surface area contributed by atoms with Crippen LogP contribution in [0.15, 0.2) is 48.0 Å². The van der Waals surface area contributed by atoms with E-state index in [2.05, 4.69) is 4.98 Å². The molecule has 0 spiro atoms. The Kier molecular flexibility index (Phi) is 4.66. The topological polar surface area (TPSA) is 76.2 Å². The minimum absolute atomic E-state index is 0.563. The molecule has 3 N–H and O–H groups in total. The summed E-state index contributed by atoms with van der Waals surface area (Å²) in [5, 5.41) is 11.6. The molecule has 0 amide bonds. The fourth-order valence-electron chi connectivity index (χ4n) is 2.38. The van der Waals surface area contributed by atoms with Crippen LogP contribution >= 0.6 is 0 Å². The number of aliphatic hydroxyl groups is 1. The predicted molar refractivity (Wildman–Crippen MR) is 89.6 cm³/mol. The molecule has 3 atom stereocenters. The first kappa shape index (κ1) is 16.0. The maximum atomic E-state index is 12.5. The molecular formula is C17H17FN2O2S. The summed E-state index contributed by atoms with van der Waals surface area (Å²) in [6, 6.07) is 10.1. The highest BCUT2D eigenvalue weighted by Crippen LogP contribution is 2.26. The van der Waals surface area contributed by atoms with Crippen LogP contribution in [0.5, 0.6) is 0 Å². The molecule has 0 saturated carbocycles. The lowest BCUT2D eigenvalue weighted by atomic mass is 9.99. The molecule has 0 saturated heterocycles. The number of aromatic nitrogens is 1. The third-order valence-corrected chi connectivity index (χ3v) is 4.98. The Bertz CT molecular complexity index is 744. The molecule has 0 aliphatic carbocycles. The Morgan fingerprint density at radius 3 is 2.39 bits per heavy atom. The number of benzene rings is 1. The highest BCUT2D eigenvalue weighted by molar-refractivity contribution is 7.90. The van der Waals surface area contributed by atoms with E-state index in [9.17, 15) is 13.7 Å². The van der Waals surface area contributed by atoms with E-state index in [1.165, 1.54) is 0 Å². The molecule has 0 fully saturated rings. The van der Waals surface area contributed by atoms with Gasteiger partial charge in [0.15, 0.2) is 0 Å². The van der Waals surface area contributed by atoms with Crippen LogP contribution < -0.4 is 5.73 Å². The van der Waals surface area contributed by atoms with E-state index in [-0.39, 0.29) is 0 Å². The number of nitrogens with zero attached hydrogens (tertiary/aromatic N) is 1. The Morgan fingerprint density at radius 1 is 1.22 bits per heavy atom. The normalized spacial score (nSPS) is 19.6. The van der Waals surface area contributed by atoms with Gasteiger partial charge in [0.05, 0.1) is 34.4 Å². The average molecular weight is 332 g/mol. The number of halogens is 1. The second kappa shape index (κ2) is 6.70. The summed E-state index contributed by atoms with van der Waals surface area (Å²) < 4.78 is 23.6. The van der Waals surface area contributed by atoms with Crippen LogP contribution in [0.2, 0.25) is 0 Å². The molecule has 23 heavy (non-hydrogen) atoms. The van der Waals surface area contributed by atoms with Crippen molar-refractivity contribution in [2.45, 2.75) is 12.1 Å². The molecule has 120 valence electrons. The van der Waals surface area contributed by atoms with E-state index in [4.69, 9.17) is 5.73 Å². The zero-order valence-corrected chi connectivity index (χ0v) is 13.2. The Morgan fingerprint density at radius 2 is 1.87 bits per heavy atom. The highest BCUT2D eigenvalue weighted by Gasteiger charge is 2.17. The lowest BCUT2D eigenvalue weighted by Gasteiger charge is -2.16. The minimum atomic E-state index is -1.01. The van der Waals surface area contributed by atoms with Crippen molar-refractivity contribution >= 4 is 16.4 Å². The van der Waals surface area contributed by atoms with Gasteiger partial charge in [-0.15, -0.1) is 0 Å². The largest absolute Gasteiger partial charge is 0.387 e. The van der Waals surface area contributed by atoms with Crippen molar-refractivity contribution in [2.24, 2.45) is 5.73 Å². The third kappa shape index (κ3) is 3.39. The first-order chi connectivity index (χ1) is 11.1. The molecule has 1 aromatic heterocycles. The van der Waals surface area contributed by atoms with E-state index < -0.39 is 29.6 Å². The molecule has 3 rings (SSSR count). The van der Waals surface area contributed by atoms with Gasteiger partial charge in [-0.25, -0.2) is 4.39 Å². The van der Waals surface area contributed by atoms with Crippen LogP contribution in [0, 0.1) is 0 Å². The van der Waals surface area contributed by atoms with E-state index in [0.29, 0.717) is 11.3 Å². The van der Waals surface area contributed by atoms with Gasteiger partial charge in [0.2, 0.25) is 0 Å². The summed E-state index contributed by atoms with van der Waals surface area (Å²) >= 11 is 0. The Hall–Kier alpha value is -1.89. The lowest BCUT2D eigenvalue weighted by Crippen LogP contribution is -2.30. The first-order valence-electron chi connectivity index (χ1n) is 7.22. The molecular weight excluding hydrogens is 315 g/mol. The zero-order valence-electron chi connectivity index (χ0n) is 12.4. The van der Waals surface area contributed by atoms with E-state index in [1.54, 1.807) is 23.7 Å². The smallest absolute Gasteiger partial charge is 0.107 e. The molecule has 3 unspecified atom stereocenters. The summed E-state index contributed by atoms with van der Waals surface area (Å²) in [7, 11) is -0.839. The monoisotopic (exact) mass is 332 g/mol. The molecule has 2 heterocycles. The number of aliphatic hydroxyl groups excluding tert-OH is 1. The molecule has 0 radical (unpaired) electrons. The predicted octanol–water partition coefficient (Wildman–Crippen LogP) is 2.18. The number of hydrogen-bond donors (Lipinski definition) is 2. The van der Waals surface area contributed by atoms with Gasteiger partial charge in [-0.05, 0) is 22.8 Å². The van der Waals surface area contributed by atoms with Crippen molar-refractivity contribution in [1.29, 1.82) is 0 Å². The molecule has 4 nitrogen and oxygen atoms in total. The Labute approximate surface area is 136 Å². The van der Waals surface area contributed by atoms with Crippen LogP contribution in [0.4, 0.5) is 4.39 Å². The number of pyridine rings is 1. The summed E-state index contributed by atoms with van der Waals surface area (Å²) in [4.78, 5) is 4.39. The molecule has 2 aromatic rings. The van der Waals surface area contributed by atoms with Crippen molar-refractivity contribution < 1.29 is 13.7 Å². The zero-order chi connectivity index (χ0) is 16.4. The van der Waals surface area contributed by atoms with Gasteiger partial charge in [-0.1, -0.05) is 30.3 Å². The van der Waals surface area contributed by atoms with E-state index in [0.717, 1.165) is 22.4 Å². The van der Waals surface area contributed by atoms with Gasteiger partial charge >= 0.3 is 0 Å². The van der Waals surface area contributed by atoms with Gasteiger partial charge in [-0.2, -0.15) is 0 Å². The van der Waals surface area contributed by atoms with Gasteiger partial charge in [-0.3, -0.25) is 9.19 Å².